The zero-order valence-electron chi connectivity index (χ0n) is 13.1. The SMILES string of the molecule is CCCC(NC)c1ccn(Cc2cc(C)nn2CC)c1. The van der Waals surface area contributed by atoms with E-state index in [1.165, 1.54) is 24.1 Å². The van der Waals surface area contributed by atoms with Gasteiger partial charge < -0.3 is 9.88 Å². The average Bonchev–Trinajstić information content (AvgIpc) is 3.03. The lowest BCUT2D eigenvalue weighted by Gasteiger charge is -2.13. The highest BCUT2D eigenvalue weighted by molar-refractivity contribution is 5.17. The molecule has 0 amide bonds. The number of nitrogens with one attached hydrogen (secondary N) is 1. The highest BCUT2D eigenvalue weighted by Gasteiger charge is 2.10. The van der Waals surface area contributed by atoms with Gasteiger partial charge in [-0.05, 0) is 45.0 Å². The van der Waals surface area contributed by atoms with Gasteiger partial charge in [0.2, 0.25) is 0 Å². The molecule has 0 aromatic carbocycles. The molecule has 0 bridgehead atoms. The van der Waals surface area contributed by atoms with E-state index in [1.807, 2.05) is 7.05 Å². The lowest BCUT2D eigenvalue weighted by molar-refractivity contribution is 0.539. The van der Waals surface area contributed by atoms with Crippen molar-refractivity contribution in [1.29, 1.82) is 0 Å². The summed E-state index contributed by atoms with van der Waals surface area (Å²) in [5.74, 6) is 0. The fraction of sp³-hybridized carbons (Fsp3) is 0.562. The highest BCUT2D eigenvalue weighted by Crippen LogP contribution is 2.19. The van der Waals surface area contributed by atoms with Gasteiger partial charge in [0.25, 0.3) is 0 Å². The van der Waals surface area contributed by atoms with Gasteiger partial charge in [-0.2, -0.15) is 5.10 Å². The zero-order chi connectivity index (χ0) is 14.5. The van der Waals surface area contributed by atoms with E-state index < -0.39 is 0 Å². The second kappa shape index (κ2) is 6.75. The fourth-order valence-electron chi connectivity index (χ4n) is 2.72. The molecule has 2 aromatic rings. The lowest BCUT2D eigenvalue weighted by atomic mass is 10.1. The van der Waals surface area contributed by atoms with Crippen molar-refractivity contribution in [3.8, 4) is 0 Å². The lowest BCUT2D eigenvalue weighted by Crippen LogP contribution is -2.15. The molecule has 0 aliphatic heterocycles. The van der Waals surface area contributed by atoms with Gasteiger partial charge >= 0.3 is 0 Å². The number of nitrogens with zero attached hydrogens (tertiary/aromatic N) is 3. The van der Waals surface area contributed by atoms with E-state index in [2.05, 4.69) is 65.0 Å². The molecule has 4 nitrogen and oxygen atoms in total. The van der Waals surface area contributed by atoms with Crippen molar-refractivity contribution in [1.82, 2.24) is 19.7 Å². The van der Waals surface area contributed by atoms with Crippen molar-refractivity contribution >= 4 is 0 Å². The Balaban J connectivity index is 2.12. The van der Waals surface area contributed by atoms with Gasteiger partial charge in [-0.25, -0.2) is 0 Å². The summed E-state index contributed by atoms with van der Waals surface area (Å²) < 4.78 is 4.33. The molecule has 20 heavy (non-hydrogen) atoms. The number of hydrogen-bond acceptors (Lipinski definition) is 2. The average molecular weight is 274 g/mol. The highest BCUT2D eigenvalue weighted by atomic mass is 15.3. The third-order valence-corrected chi connectivity index (χ3v) is 3.73. The van der Waals surface area contributed by atoms with Crippen LogP contribution in [-0.4, -0.2) is 21.4 Å². The van der Waals surface area contributed by atoms with Crippen molar-refractivity contribution in [2.24, 2.45) is 0 Å². The van der Waals surface area contributed by atoms with Crippen LogP contribution in [0.3, 0.4) is 0 Å². The monoisotopic (exact) mass is 274 g/mol. The third kappa shape index (κ3) is 3.31. The summed E-state index contributed by atoms with van der Waals surface area (Å²) in [5, 5.41) is 7.90. The zero-order valence-corrected chi connectivity index (χ0v) is 13.1. The second-order valence-corrected chi connectivity index (χ2v) is 5.34. The first kappa shape index (κ1) is 14.9. The van der Waals surface area contributed by atoms with Gasteiger partial charge in [0.15, 0.2) is 0 Å². The van der Waals surface area contributed by atoms with Crippen LogP contribution >= 0.6 is 0 Å². The Hall–Kier alpha value is -1.55. The maximum Gasteiger partial charge on any atom is 0.0639 e. The molecule has 1 unspecified atom stereocenters. The van der Waals surface area contributed by atoms with E-state index in [1.54, 1.807) is 0 Å². The molecule has 2 heterocycles. The first-order chi connectivity index (χ1) is 9.67. The van der Waals surface area contributed by atoms with E-state index in [0.717, 1.165) is 18.8 Å². The van der Waals surface area contributed by atoms with Crippen LogP contribution in [-0.2, 0) is 13.1 Å². The van der Waals surface area contributed by atoms with E-state index in [9.17, 15) is 0 Å². The number of rotatable bonds is 7. The molecule has 1 N–H and O–H groups in total. The minimum atomic E-state index is 0.457. The molecule has 0 aliphatic rings. The number of aromatic nitrogens is 3. The smallest absolute Gasteiger partial charge is 0.0639 e. The van der Waals surface area contributed by atoms with Crippen molar-refractivity contribution in [2.75, 3.05) is 7.05 Å². The Morgan fingerprint density at radius 1 is 1.35 bits per heavy atom. The summed E-state index contributed by atoms with van der Waals surface area (Å²) in [6, 6.07) is 4.85. The van der Waals surface area contributed by atoms with Gasteiger partial charge in [0, 0.05) is 25.0 Å². The second-order valence-electron chi connectivity index (χ2n) is 5.34. The summed E-state index contributed by atoms with van der Waals surface area (Å²) in [6.45, 7) is 8.22. The Labute approximate surface area is 121 Å². The molecule has 1 atom stereocenters. The maximum absolute atomic E-state index is 4.50. The van der Waals surface area contributed by atoms with E-state index in [0.29, 0.717) is 6.04 Å². The standard InChI is InChI=1S/C16H26N4/c1-5-7-16(17-4)14-8-9-19(11-14)12-15-10-13(3)18-20(15)6-2/h8-11,16-17H,5-7,12H2,1-4H3. The molecule has 0 saturated carbocycles. The number of hydrogen-bond donors (Lipinski definition) is 1. The molecule has 0 saturated heterocycles. The Morgan fingerprint density at radius 2 is 2.15 bits per heavy atom. The largest absolute Gasteiger partial charge is 0.348 e. The summed E-state index contributed by atoms with van der Waals surface area (Å²) in [6.07, 6.45) is 6.78. The molecule has 4 heteroatoms. The normalized spacial score (nSPS) is 12.8. The topological polar surface area (TPSA) is 34.8 Å². The van der Waals surface area contributed by atoms with Crippen LogP contribution < -0.4 is 5.32 Å². The van der Waals surface area contributed by atoms with E-state index in [4.69, 9.17) is 0 Å². The first-order valence-corrected chi connectivity index (χ1v) is 7.54. The molecule has 0 radical (unpaired) electrons. The minimum absolute atomic E-state index is 0.457. The van der Waals surface area contributed by atoms with E-state index >= 15 is 0 Å². The summed E-state index contributed by atoms with van der Waals surface area (Å²) in [5.41, 5.74) is 3.73. The van der Waals surface area contributed by atoms with Crippen molar-refractivity contribution < 1.29 is 0 Å². The summed E-state index contributed by atoms with van der Waals surface area (Å²) in [4.78, 5) is 0. The molecule has 0 aliphatic carbocycles. The van der Waals surface area contributed by atoms with Crippen molar-refractivity contribution in [3.05, 3.63) is 41.5 Å². The van der Waals surface area contributed by atoms with Gasteiger partial charge in [-0.3, -0.25) is 4.68 Å². The molecular formula is C16H26N4. The molecule has 0 spiro atoms. The van der Waals surface area contributed by atoms with Crippen LogP contribution in [0.2, 0.25) is 0 Å². The van der Waals surface area contributed by atoms with Crippen LogP contribution in [0, 0.1) is 6.92 Å². The molecule has 2 aromatic heterocycles. The van der Waals surface area contributed by atoms with E-state index in [-0.39, 0.29) is 0 Å². The quantitative estimate of drug-likeness (QED) is 0.842. The van der Waals surface area contributed by atoms with Crippen molar-refractivity contribution in [2.45, 2.75) is 52.7 Å². The third-order valence-electron chi connectivity index (χ3n) is 3.73. The van der Waals surface area contributed by atoms with Crippen LogP contribution in [0.25, 0.3) is 0 Å². The number of aryl methyl sites for hydroxylation is 2. The molecular weight excluding hydrogens is 248 g/mol. The minimum Gasteiger partial charge on any atom is -0.348 e. The molecule has 2 rings (SSSR count). The molecule has 0 fully saturated rings. The fourth-order valence-corrected chi connectivity index (χ4v) is 2.72. The summed E-state index contributed by atoms with van der Waals surface area (Å²) >= 11 is 0. The van der Waals surface area contributed by atoms with Gasteiger partial charge in [-0.15, -0.1) is 0 Å². The Bertz CT molecular complexity index is 538. The van der Waals surface area contributed by atoms with Crippen LogP contribution in [0.5, 0.6) is 0 Å². The summed E-state index contributed by atoms with van der Waals surface area (Å²) in [7, 11) is 2.03. The predicted octanol–water partition coefficient (Wildman–Crippen LogP) is 3.12. The van der Waals surface area contributed by atoms with Gasteiger partial charge in [0.05, 0.1) is 17.9 Å². The molecule has 110 valence electrons. The first-order valence-electron chi connectivity index (χ1n) is 7.54. The van der Waals surface area contributed by atoms with Crippen LogP contribution in [0.4, 0.5) is 0 Å². The van der Waals surface area contributed by atoms with Crippen molar-refractivity contribution in [3.63, 3.8) is 0 Å². The van der Waals surface area contributed by atoms with Gasteiger partial charge in [-0.1, -0.05) is 13.3 Å². The Morgan fingerprint density at radius 3 is 2.80 bits per heavy atom. The maximum atomic E-state index is 4.50. The Kier molecular flexibility index (Phi) is 5.01. The predicted molar refractivity (Wildman–Crippen MR) is 82.9 cm³/mol. The van der Waals surface area contributed by atoms with Crippen LogP contribution in [0.15, 0.2) is 24.5 Å². The van der Waals surface area contributed by atoms with Gasteiger partial charge in [0.1, 0.15) is 0 Å². The van der Waals surface area contributed by atoms with Crippen LogP contribution in [0.1, 0.15) is 49.7 Å².